The lowest BCUT2D eigenvalue weighted by Gasteiger charge is -2.14. The third kappa shape index (κ3) is 4.42. The Hall–Kier alpha value is -6.65. The molecule has 0 N–H and O–H groups in total. The van der Waals surface area contributed by atoms with Crippen LogP contribution >= 0.6 is 0 Å². The topological polar surface area (TPSA) is 43.1 Å². The van der Waals surface area contributed by atoms with Gasteiger partial charge in [-0.05, 0) is 63.9 Å². The van der Waals surface area contributed by atoms with Gasteiger partial charge in [0.15, 0.2) is 0 Å². The van der Waals surface area contributed by atoms with Crippen LogP contribution in [0.2, 0.25) is 0 Å². The fraction of sp³-hybridized carbons (Fsp3) is 0. The highest BCUT2D eigenvalue weighted by molar-refractivity contribution is 6.17. The molecular formula is C45H28N4. The Kier molecular flexibility index (Phi) is 6.15. The Morgan fingerprint density at radius 3 is 2.02 bits per heavy atom. The molecule has 10 rings (SSSR count). The van der Waals surface area contributed by atoms with Crippen LogP contribution in [0.1, 0.15) is 0 Å². The van der Waals surface area contributed by atoms with Gasteiger partial charge < -0.3 is 0 Å². The molecule has 0 saturated heterocycles. The third-order valence-electron chi connectivity index (χ3n) is 9.62. The minimum absolute atomic E-state index is 0.851. The summed E-state index contributed by atoms with van der Waals surface area (Å²) < 4.78 is 2.26. The van der Waals surface area contributed by atoms with Crippen LogP contribution in [-0.2, 0) is 0 Å². The molecule has 0 aliphatic carbocycles. The monoisotopic (exact) mass is 624 g/mol. The first-order chi connectivity index (χ1) is 24.3. The van der Waals surface area contributed by atoms with E-state index in [-0.39, 0.29) is 0 Å². The molecular weight excluding hydrogens is 597 g/mol. The molecule has 0 amide bonds. The van der Waals surface area contributed by atoms with Gasteiger partial charge in [-0.15, -0.1) is 0 Å². The predicted octanol–water partition coefficient (Wildman–Crippen LogP) is 11.4. The molecule has 0 bridgehead atoms. The molecule has 0 aliphatic heterocycles. The molecule has 4 heteroatoms. The van der Waals surface area contributed by atoms with Crippen molar-refractivity contribution in [2.45, 2.75) is 0 Å². The molecule has 228 valence electrons. The van der Waals surface area contributed by atoms with E-state index in [1.807, 2.05) is 24.4 Å². The minimum atomic E-state index is 0.851. The number of hydrogen-bond acceptors (Lipinski definition) is 3. The number of hydrogen-bond donors (Lipinski definition) is 0. The predicted molar refractivity (Wildman–Crippen MR) is 203 cm³/mol. The fourth-order valence-electron chi connectivity index (χ4n) is 7.33. The zero-order valence-corrected chi connectivity index (χ0v) is 26.5. The van der Waals surface area contributed by atoms with Crippen LogP contribution in [0.3, 0.4) is 0 Å². The Labute approximate surface area is 282 Å². The van der Waals surface area contributed by atoms with Crippen molar-refractivity contribution in [1.82, 2.24) is 19.4 Å². The van der Waals surface area contributed by atoms with E-state index in [4.69, 9.17) is 15.0 Å². The number of pyridine rings is 3. The first-order valence-corrected chi connectivity index (χ1v) is 16.5. The van der Waals surface area contributed by atoms with E-state index in [0.717, 1.165) is 72.1 Å². The third-order valence-corrected chi connectivity index (χ3v) is 9.62. The molecule has 4 nitrogen and oxygen atoms in total. The van der Waals surface area contributed by atoms with Gasteiger partial charge in [0.1, 0.15) is 11.3 Å². The van der Waals surface area contributed by atoms with Crippen molar-refractivity contribution in [1.29, 1.82) is 0 Å². The molecule has 0 fully saturated rings. The summed E-state index contributed by atoms with van der Waals surface area (Å²) in [5.41, 5.74) is 12.5. The van der Waals surface area contributed by atoms with E-state index in [9.17, 15) is 0 Å². The summed E-state index contributed by atoms with van der Waals surface area (Å²) in [4.78, 5) is 15.1. The molecule has 0 spiro atoms. The lowest BCUT2D eigenvalue weighted by atomic mass is 9.92. The summed E-state index contributed by atoms with van der Waals surface area (Å²) in [7, 11) is 0. The van der Waals surface area contributed by atoms with Crippen molar-refractivity contribution in [2.24, 2.45) is 0 Å². The van der Waals surface area contributed by atoms with E-state index >= 15 is 0 Å². The van der Waals surface area contributed by atoms with Crippen LogP contribution in [0.15, 0.2) is 170 Å². The quantitative estimate of drug-likeness (QED) is 0.145. The Morgan fingerprint density at radius 2 is 1.16 bits per heavy atom. The molecule has 10 aromatic rings. The van der Waals surface area contributed by atoms with Gasteiger partial charge in [-0.3, -0.25) is 9.38 Å². The summed E-state index contributed by atoms with van der Waals surface area (Å²) >= 11 is 0. The van der Waals surface area contributed by atoms with Crippen LogP contribution < -0.4 is 0 Å². The van der Waals surface area contributed by atoms with Gasteiger partial charge in [0.05, 0.1) is 27.9 Å². The Morgan fingerprint density at radius 1 is 0.449 bits per heavy atom. The minimum Gasteiger partial charge on any atom is -0.292 e. The fourth-order valence-corrected chi connectivity index (χ4v) is 7.33. The van der Waals surface area contributed by atoms with Crippen molar-refractivity contribution >= 4 is 49.1 Å². The van der Waals surface area contributed by atoms with Crippen LogP contribution in [-0.4, -0.2) is 19.4 Å². The van der Waals surface area contributed by atoms with Crippen molar-refractivity contribution < 1.29 is 0 Å². The number of para-hydroxylation sites is 1. The second-order valence-electron chi connectivity index (χ2n) is 12.5. The highest BCUT2D eigenvalue weighted by Crippen LogP contribution is 2.40. The van der Waals surface area contributed by atoms with E-state index in [1.165, 1.54) is 21.9 Å². The Bertz CT molecular complexity index is 2860. The number of fused-ring (bicyclic) bond motifs is 7. The summed E-state index contributed by atoms with van der Waals surface area (Å²) in [5, 5.41) is 5.83. The van der Waals surface area contributed by atoms with Crippen molar-refractivity contribution in [2.75, 3.05) is 0 Å². The maximum Gasteiger partial charge on any atom is 0.138 e. The van der Waals surface area contributed by atoms with E-state index in [1.54, 1.807) is 0 Å². The summed E-state index contributed by atoms with van der Waals surface area (Å²) in [6.07, 6.45) is 1.83. The lowest BCUT2D eigenvalue weighted by molar-refractivity contribution is 1.26. The van der Waals surface area contributed by atoms with Crippen LogP contribution in [0.25, 0.3) is 94.0 Å². The van der Waals surface area contributed by atoms with Crippen molar-refractivity contribution in [3.8, 4) is 44.9 Å². The maximum absolute atomic E-state index is 5.33. The number of imidazole rings is 1. The standard InChI is InChI=1S/C45H28N4/c1-2-12-32(13-3-1)42-36-24-22-34(28-39(36)47-43-35-14-6-4-10-30(35)21-25-37(42)43)29-17-19-33(20-18-29)45-44(38-15-8-9-27-46-38)48-41-26-23-31-11-5-7-16-40(31)49(41)45/h1-28H. The van der Waals surface area contributed by atoms with Gasteiger partial charge in [0.25, 0.3) is 0 Å². The number of nitrogens with zero attached hydrogens (tertiary/aromatic N) is 4. The van der Waals surface area contributed by atoms with Crippen LogP contribution in [0, 0.1) is 0 Å². The zero-order valence-electron chi connectivity index (χ0n) is 26.5. The molecule has 4 heterocycles. The average Bonchev–Trinajstić information content (AvgIpc) is 3.58. The molecule has 49 heavy (non-hydrogen) atoms. The molecule has 0 atom stereocenters. The van der Waals surface area contributed by atoms with Crippen molar-refractivity contribution in [3.63, 3.8) is 0 Å². The van der Waals surface area contributed by atoms with Crippen molar-refractivity contribution in [3.05, 3.63) is 170 Å². The smallest absolute Gasteiger partial charge is 0.138 e. The summed E-state index contributed by atoms with van der Waals surface area (Å²) in [5.74, 6) is 0. The molecule has 6 aromatic carbocycles. The lowest BCUT2D eigenvalue weighted by Crippen LogP contribution is -1.93. The van der Waals surface area contributed by atoms with E-state index < -0.39 is 0 Å². The van der Waals surface area contributed by atoms with Gasteiger partial charge in [-0.1, -0.05) is 127 Å². The van der Waals surface area contributed by atoms with Gasteiger partial charge in [0.2, 0.25) is 0 Å². The number of aromatic nitrogens is 4. The molecule has 0 radical (unpaired) electrons. The second-order valence-corrected chi connectivity index (χ2v) is 12.5. The van der Waals surface area contributed by atoms with E-state index in [0.29, 0.717) is 0 Å². The largest absolute Gasteiger partial charge is 0.292 e. The molecule has 4 aromatic heterocycles. The normalized spacial score (nSPS) is 11.7. The van der Waals surface area contributed by atoms with Crippen LogP contribution in [0.5, 0.6) is 0 Å². The second kappa shape index (κ2) is 11.0. The highest BCUT2D eigenvalue weighted by atomic mass is 15.0. The van der Waals surface area contributed by atoms with Gasteiger partial charge >= 0.3 is 0 Å². The number of benzene rings is 6. The molecule has 0 unspecified atom stereocenters. The highest BCUT2D eigenvalue weighted by Gasteiger charge is 2.19. The van der Waals surface area contributed by atoms with Crippen LogP contribution in [0.4, 0.5) is 0 Å². The Balaban J connectivity index is 1.15. The SMILES string of the molecule is c1ccc(-c2c3ccc(-c4ccc(-c5c(-c6ccccn6)nc6ccc7ccccc7n56)cc4)cc3nc3c2ccc2ccccc23)cc1. The summed E-state index contributed by atoms with van der Waals surface area (Å²) in [6, 6.07) is 57.8. The average molecular weight is 625 g/mol. The first-order valence-electron chi connectivity index (χ1n) is 16.5. The van der Waals surface area contributed by atoms with E-state index in [2.05, 4.69) is 150 Å². The maximum atomic E-state index is 5.33. The van der Waals surface area contributed by atoms with Gasteiger partial charge in [-0.2, -0.15) is 0 Å². The van der Waals surface area contributed by atoms with Gasteiger partial charge in [-0.25, -0.2) is 9.97 Å². The zero-order chi connectivity index (χ0) is 32.3. The number of rotatable bonds is 4. The summed E-state index contributed by atoms with van der Waals surface area (Å²) in [6.45, 7) is 0. The molecule has 0 aliphatic rings. The first kappa shape index (κ1) is 27.5. The van der Waals surface area contributed by atoms with Gasteiger partial charge in [0, 0.05) is 33.5 Å². The molecule has 0 saturated carbocycles.